The van der Waals surface area contributed by atoms with Crippen molar-refractivity contribution in [2.24, 2.45) is 0 Å². The Labute approximate surface area is 169 Å². The number of hydrogen-bond acceptors (Lipinski definition) is 3. The highest BCUT2D eigenvalue weighted by Crippen LogP contribution is 2.15. The molecule has 148 valence electrons. The minimum absolute atomic E-state index is 0.0210. The van der Waals surface area contributed by atoms with E-state index >= 15 is 0 Å². The molecular weight excluding hydrogens is 369 g/mol. The summed E-state index contributed by atoms with van der Waals surface area (Å²) in [6.07, 6.45) is 1.44. The smallest absolute Gasteiger partial charge is 0.274 e. The molecular formula is C23H22FN3O2. The van der Waals surface area contributed by atoms with Gasteiger partial charge in [0, 0.05) is 30.0 Å². The Morgan fingerprint density at radius 2 is 1.72 bits per heavy atom. The van der Waals surface area contributed by atoms with Gasteiger partial charge in [0.15, 0.2) is 0 Å². The third kappa shape index (κ3) is 5.25. The van der Waals surface area contributed by atoms with Gasteiger partial charge in [-0.3, -0.25) is 14.6 Å². The Hall–Kier alpha value is -3.54. The van der Waals surface area contributed by atoms with Crippen LogP contribution in [0.3, 0.4) is 0 Å². The van der Waals surface area contributed by atoms with Crippen LogP contribution in [0.15, 0.2) is 72.9 Å². The molecule has 0 aliphatic rings. The van der Waals surface area contributed by atoms with Crippen LogP contribution in [-0.2, 0) is 6.54 Å². The van der Waals surface area contributed by atoms with Gasteiger partial charge in [-0.1, -0.05) is 30.3 Å². The summed E-state index contributed by atoms with van der Waals surface area (Å²) in [4.78, 5) is 31.4. The van der Waals surface area contributed by atoms with Crippen LogP contribution in [0.2, 0.25) is 0 Å². The lowest BCUT2D eigenvalue weighted by Gasteiger charge is -2.27. The number of pyridine rings is 1. The number of carbonyl (C=O) groups excluding carboxylic acids is 2. The van der Waals surface area contributed by atoms with Crippen molar-refractivity contribution in [2.45, 2.75) is 26.4 Å². The van der Waals surface area contributed by atoms with E-state index in [4.69, 9.17) is 0 Å². The molecule has 5 nitrogen and oxygen atoms in total. The monoisotopic (exact) mass is 391 g/mol. The first kappa shape index (κ1) is 20.2. The van der Waals surface area contributed by atoms with Gasteiger partial charge in [-0.15, -0.1) is 0 Å². The topological polar surface area (TPSA) is 62.3 Å². The number of nitrogens with zero attached hydrogens (tertiary/aromatic N) is 2. The van der Waals surface area contributed by atoms with Crippen molar-refractivity contribution >= 4 is 17.5 Å². The Morgan fingerprint density at radius 3 is 2.38 bits per heavy atom. The zero-order valence-corrected chi connectivity index (χ0v) is 16.3. The summed E-state index contributed by atoms with van der Waals surface area (Å²) in [6, 6.07) is 18.2. The summed E-state index contributed by atoms with van der Waals surface area (Å²) in [7, 11) is 0. The second-order valence-corrected chi connectivity index (χ2v) is 6.90. The molecule has 0 saturated heterocycles. The molecule has 0 unspecified atom stereocenters. The maximum atomic E-state index is 13.1. The number of nitrogens with one attached hydrogen (secondary N) is 1. The molecule has 6 heteroatoms. The van der Waals surface area contributed by atoms with E-state index < -0.39 is 5.91 Å². The molecule has 2 aromatic carbocycles. The highest BCUT2D eigenvalue weighted by Gasteiger charge is 2.20. The predicted molar refractivity (Wildman–Crippen MR) is 110 cm³/mol. The second kappa shape index (κ2) is 9.10. The average molecular weight is 391 g/mol. The molecule has 0 aliphatic heterocycles. The van der Waals surface area contributed by atoms with Gasteiger partial charge in [0.1, 0.15) is 11.5 Å². The number of aromatic nitrogens is 1. The fourth-order valence-corrected chi connectivity index (χ4v) is 2.85. The van der Waals surface area contributed by atoms with Crippen molar-refractivity contribution < 1.29 is 14.0 Å². The van der Waals surface area contributed by atoms with E-state index in [9.17, 15) is 14.0 Å². The van der Waals surface area contributed by atoms with E-state index in [1.807, 2.05) is 44.2 Å². The number of rotatable bonds is 6. The highest BCUT2D eigenvalue weighted by molar-refractivity contribution is 6.04. The van der Waals surface area contributed by atoms with Crippen LogP contribution in [0, 0.1) is 5.82 Å². The van der Waals surface area contributed by atoms with E-state index in [1.54, 1.807) is 11.0 Å². The fourth-order valence-electron chi connectivity index (χ4n) is 2.85. The van der Waals surface area contributed by atoms with E-state index in [-0.39, 0.29) is 23.5 Å². The summed E-state index contributed by atoms with van der Waals surface area (Å²) < 4.78 is 13.0. The SMILES string of the molecule is CC(C)N(Cc1ccccc1)C(=O)c1ccnc(C(=O)Nc2ccc(F)cc2)c1. The molecule has 29 heavy (non-hydrogen) atoms. The quantitative estimate of drug-likeness (QED) is 0.672. The molecule has 1 heterocycles. The Kier molecular flexibility index (Phi) is 6.34. The Bertz CT molecular complexity index is 989. The van der Waals surface area contributed by atoms with Crippen LogP contribution in [0.25, 0.3) is 0 Å². The number of halogens is 1. The van der Waals surface area contributed by atoms with Gasteiger partial charge >= 0.3 is 0 Å². The number of benzene rings is 2. The lowest BCUT2D eigenvalue weighted by molar-refractivity contribution is 0.0690. The van der Waals surface area contributed by atoms with Gasteiger partial charge in [0.05, 0.1) is 0 Å². The first-order valence-corrected chi connectivity index (χ1v) is 9.32. The van der Waals surface area contributed by atoms with Crippen molar-refractivity contribution in [1.82, 2.24) is 9.88 Å². The molecule has 0 bridgehead atoms. The minimum atomic E-state index is -0.467. The first-order valence-electron chi connectivity index (χ1n) is 9.32. The second-order valence-electron chi connectivity index (χ2n) is 6.90. The maximum Gasteiger partial charge on any atom is 0.274 e. The molecule has 2 amide bonds. The lowest BCUT2D eigenvalue weighted by Crippen LogP contribution is -2.36. The lowest BCUT2D eigenvalue weighted by atomic mass is 10.1. The molecule has 0 aliphatic carbocycles. The van der Waals surface area contributed by atoms with E-state index in [0.717, 1.165) is 5.56 Å². The van der Waals surface area contributed by atoms with Crippen LogP contribution in [0.5, 0.6) is 0 Å². The van der Waals surface area contributed by atoms with Crippen molar-refractivity contribution in [1.29, 1.82) is 0 Å². The Balaban J connectivity index is 1.78. The van der Waals surface area contributed by atoms with Gasteiger partial charge in [0.2, 0.25) is 0 Å². The van der Waals surface area contributed by atoms with Gasteiger partial charge in [-0.05, 0) is 55.8 Å². The highest BCUT2D eigenvalue weighted by atomic mass is 19.1. The minimum Gasteiger partial charge on any atom is -0.332 e. The molecule has 1 N–H and O–H groups in total. The number of hydrogen-bond donors (Lipinski definition) is 1. The zero-order chi connectivity index (χ0) is 20.8. The molecule has 0 spiro atoms. The first-order chi connectivity index (χ1) is 13.9. The van der Waals surface area contributed by atoms with Crippen molar-refractivity contribution in [3.8, 4) is 0 Å². The molecule has 3 aromatic rings. The van der Waals surface area contributed by atoms with Crippen LogP contribution >= 0.6 is 0 Å². The van der Waals surface area contributed by atoms with Crippen LogP contribution < -0.4 is 5.32 Å². The van der Waals surface area contributed by atoms with Crippen molar-refractivity contribution in [3.05, 3.63) is 95.6 Å². The van der Waals surface area contributed by atoms with Gasteiger partial charge in [-0.2, -0.15) is 0 Å². The fraction of sp³-hybridized carbons (Fsp3) is 0.174. The number of amides is 2. The summed E-state index contributed by atoms with van der Waals surface area (Å²) >= 11 is 0. The normalized spacial score (nSPS) is 10.6. The zero-order valence-electron chi connectivity index (χ0n) is 16.3. The van der Waals surface area contributed by atoms with E-state index in [1.165, 1.54) is 36.5 Å². The van der Waals surface area contributed by atoms with Crippen molar-refractivity contribution in [3.63, 3.8) is 0 Å². The standard InChI is InChI=1S/C23H22FN3O2/c1-16(2)27(15-17-6-4-3-5-7-17)23(29)18-12-13-25-21(14-18)22(28)26-20-10-8-19(24)9-11-20/h3-14,16H,15H2,1-2H3,(H,26,28). The predicted octanol–water partition coefficient (Wildman–Crippen LogP) is 4.52. The summed E-state index contributed by atoms with van der Waals surface area (Å²) in [5.41, 5.74) is 1.97. The van der Waals surface area contributed by atoms with E-state index in [2.05, 4.69) is 10.3 Å². The maximum absolute atomic E-state index is 13.1. The third-order valence-electron chi connectivity index (χ3n) is 4.42. The van der Waals surface area contributed by atoms with Gasteiger partial charge in [0.25, 0.3) is 11.8 Å². The van der Waals surface area contributed by atoms with E-state index in [0.29, 0.717) is 17.8 Å². The summed E-state index contributed by atoms with van der Waals surface area (Å²) in [5.74, 6) is -1.03. The Morgan fingerprint density at radius 1 is 1.03 bits per heavy atom. The van der Waals surface area contributed by atoms with Crippen LogP contribution in [0.1, 0.15) is 40.3 Å². The molecule has 0 saturated carbocycles. The molecule has 0 atom stereocenters. The number of anilines is 1. The van der Waals surface area contributed by atoms with Crippen LogP contribution in [0.4, 0.5) is 10.1 Å². The molecule has 0 radical (unpaired) electrons. The average Bonchev–Trinajstić information content (AvgIpc) is 2.74. The van der Waals surface area contributed by atoms with Gasteiger partial charge < -0.3 is 10.2 Å². The molecule has 0 fully saturated rings. The molecule has 3 rings (SSSR count). The van der Waals surface area contributed by atoms with Crippen molar-refractivity contribution in [2.75, 3.05) is 5.32 Å². The largest absolute Gasteiger partial charge is 0.332 e. The molecule has 1 aromatic heterocycles. The summed E-state index contributed by atoms with van der Waals surface area (Å²) in [5, 5.41) is 2.65. The third-order valence-corrected chi connectivity index (χ3v) is 4.42. The number of carbonyl (C=O) groups is 2. The van der Waals surface area contributed by atoms with Crippen LogP contribution in [-0.4, -0.2) is 27.7 Å². The van der Waals surface area contributed by atoms with Gasteiger partial charge in [-0.25, -0.2) is 4.39 Å². The summed E-state index contributed by atoms with van der Waals surface area (Å²) in [6.45, 7) is 4.37.